The van der Waals surface area contributed by atoms with Crippen molar-refractivity contribution in [1.82, 2.24) is 5.32 Å². The van der Waals surface area contributed by atoms with E-state index in [2.05, 4.69) is 0 Å². The summed E-state index contributed by atoms with van der Waals surface area (Å²) in [6, 6.07) is 4.18. The van der Waals surface area contributed by atoms with Crippen LogP contribution >= 0.6 is 11.8 Å². The SMILES string of the molecule is CSc1ccc([N+](=O)[O-])c(C(=O)NC#N)c1. The van der Waals surface area contributed by atoms with Crippen LogP contribution in [0.25, 0.3) is 0 Å². The molecule has 0 atom stereocenters. The van der Waals surface area contributed by atoms with Crippen molar-refractivity contribution >= 4 is 23.4 Å². The van der Waals surface area contributed by atoms with Crippen molar-refractivity contribution in [1.29, 1.82) is 5.26 Å². The summed E-state index contributed by atoms with van der Waals surface area (Å²) in [6.45, 7) is 0. The van der Waals surface area contributed by atoms with Crippen LogP contribution in [-0.4, -0.2) is 17.1 Å². The Labute approximate surface area is 95.4 Å². The van der Waals surface area contributed by atoms with Crippen LogP contribution in [0.1, 0.15) is 10.4 Å². The molecule has 1 amide bonds. The van der Waals surface area contributed by atoms with E-state index >= 15 is 0 Å². The number of nitrogens with zero attached hydrogens (tertiary/aromatic N) is 2. The number of nitro benzene ring substituents is 1. The maximum absolute atomic E-state index is 11.4. The molecule has 0 radical (unpaired) electrons. The van der Waals surface area contributed by atoms with Crippen molar-refractivity contribution in [2.75, 3.05) is 6.26 Å². The van der Waals surface area contributed by atoms with Crippen LogP contribution in [0.15, 0.2) is 23.1 Å². The van der Waals surface area contributed by atoms with Crippen LogP contribution in [0.5, 0.6) is 0 Å². The lowest BCUT2D eigenvalue weighted by atomic mass is 10.1. The highest BCUT2D eigenvalue weighted by atomic mass is 32.2. The van der Waals surface area contributed by atoms with Crippen LogP contribution in [-0.2, 0) is 0 Å². The third kappa shape index (κ3) is 2.49. The molecule has 1 N–H and O–H groups in total. The lowest BCUT2D eigenvalue weighted by molar-refractivity contribution is -0.385. The fourth-order valence-corrected chi connectivity index (χ4v) is 1.54. The van der Waals surface area contributed by atoms with Crippen molar-refractivity contribution in [3.8, 4) is 6.19 Å². The fourth-order valence-electron chi connectivity index (χ4n) is 1.10. The van der Waals surface area contributed by atoms with Crippen LogP contribution in [0.4, 0.5) is 5.69 Å². The first-order valence-electron chi connectivity index (χ1n) is 4.12. The third-order valence-electron chi connectivity index (χ3n) is 1.81. The number of rotatable bonds is 3. The zero-order valence-electron chi connectivity index (χ0n) is 8.26. The van der Waals surface area contributed by atoms with E-state index < -0.39 is 10.8 Å². The molecule has 0 aromatic heterocycles. The summed E-state index contributed by atoms with van der Waals surface area (Å²) < 4.78 is 0. The number of hydrogen-bond donors (Lipinski definition) is 1. The van der Waals surface area contributed by atoms with Crippen molar-refractivity contribution < 1.29 is 9.72 Å². The van der Waals surface area contributed by atoms with Crippen LogP contribution < -0.4 is 5.32 Å². The second-order valence-electron chi connectivity index (χ2n) is 2.71. The first-order valence-corrected chi connectivity index (χ1v) is 5.34. The zero-order valence-corrected chi connectivity index (χ0v) is 9.08. The van der Waals surface area contributed by atoms with Crippen molar-refractivity contribution in [3.63, 3.8) is 0 Å². The molecule has 16 heavy (non-hydrogen) atoms. The molecule has 7 heteroatoms. The Balaban J connectivity index is 3.26. The molecular weight excluding hydrogens is 230 g/mol. The topological polar surface area (TPSA) is 96.0 Å². The minimum absolute atomic E-state index is 0.113. The molecule has 0 saturated heterocycles. The molecule has 6 nitrogen and oxygen atoms in total. The van der Waals surface area contributed by atoms with Crippen LogP contribution in [0, 0.1) is 21.6 Å². The molecule has 1 aromatic rings. The van der Waals surface area contributed by atoms with Crippen LogP contribution in [0.3, 0.4) is 0 Å². The van der Waals surface area contributed by atoms with E-state index in [-0.39, 0.29) is 11.3 Å². The second kappa shape index (κ2) is 5.14. The molecule has 0 bridgehead atoms. The Morgan fingerprint density at radius 2 is 2.31 bits per heavy atom. The van der Waals surface area contributed by atoms with Gasteiger partial charge in [0.1, 0.15) is 5.56 Å². The highest BCUT2D eigenvalue weighted by Gasteiger charge is 2.20. The van der Waals surface area contributed by atoms with Gasteiger partial charge in [-0.1, -0.05) is 0 Å². The van der Waals surface area contributed by atoms with E-state index in [1.165, 1.54) is 30.1 Å². The van der Waals surface area contributed by atoms with Gasteiger partial charge in [-0.2, -0.15) is 5.26 Å². The number of nitrogens with one attached hydrogen (secondary N) is 1. The number of carbonyl (C=O) groups excluding carboxylic acids is 1. The van der Waals surface area contributed by atoms with Gasteiger partial charge in [-0.25, -0.2) is 0 Å². The van der Waals surface area contributed by atoms with Gasteiger partial charge in [-0.3, -0.25) is 20.2 Å². The minimum Gasteiger partial charge on any atom is -0.268 e. The predicted molar refractivity (Wildman–Crippen MR) is 58.0 cm³/mol. The van der Waals surface area contributed by atoms with Gasteiger partial charge < -0.3 is 0 Å². The molecule has 0 heterocycles. The molecule has 82 valence electrons. The van der Waals surface area contributed by atoms with E-state index in [1.807, 2.05) is 5.32 Å². The number of hydrogen-bond acceptors (Lipinski definition) is 5. The van der Waals surface area contributed by atoms with E-state index in [9.17, 15) is 14.9 Å². The normalized spacial score (nSPS) is 9.25. The standard InChI is InChI=1S/C9H7N3O3S/c1-16-6-2-3-8(12(14)15)7(4-6)9(13)11-5-10/h2-4H,1H3,(H,11,13). The number of carbonyl (C=O) groups is 1. The molecular formula is C9H7N3O3S. The summed E-state index contributed by atoms with van der Waals surface area (Å²) in [4.78, 5) is 22.1. The van der Waals surface area contributed by atoms with Gasteiger partial charge in [0.25, 0.3) is 11.6 Å². The number of benzene rings is 1. The van der Waals surface area contributed by atoms with Crippen molar-refractivity contribution in [2.45, 2.75) is 4.90 Å². The smallest absolute Gasteiger partial charge is 0.268 e. The number of thioether (sulfide) groups is 1. The lowest BCUT2D eigenvalue weighted by Gasteiger charge is -2.02. The highest BCUT2D eigenvalue weighted by Crippen LogP contribution is 2.24. The number of nitro groups is 1. The number of amides is 1. The molecule has 0 aliphatic carbocycles. The van der Waals surface area contributed by atoms with E-state index in [0.717, 1.165) is 0 Å². The summed E-state index contributed by atoms with van der Waals surface area (Å²) >= 11 is 1.35. The summed E-state index contributed by atoms with van der Waals surface area (Å²) in [6.07, 6.45) is 3.23. The average molecular weight is 237 g/mol. The van der Waals surface area contributed by atoms with Gasteiger partial charge in [-0.05, 0) is 18.4 Å². The lowest BCUT2D eigenvalue weighted by Crippen LogP contribution is -2.18. The molecule has 0 spiro atoms. The van der Waals surface area contributed by atoms with Gasteiger partial charge in [0.2, 0.25) is 0 Å². The fraction of sp³-hybridized carbons (Fsp3) is 0.111. The summed E-state index contributed by atoms with van der Waals surface area (Å²) in [5.41, 5.74) is -0.427. The Kier molecular flexibility index (Phi) is 3.85. The minimum atomic E-state index is -0.773. The second-order valence-corrected chi connectivity index (χ2v) is 3.59. The summed E-state index contributed by atoms with van der Waals surface area (Å²) in [5, 5.41) is 20.8. The van der Waals surface area contributed by atoms with Crippen molar-refractivity contribution in [3.05, 3.63) is 33.9 Å². The molecule has 0 aliphatic rings. The number of nitriles is 1. The molecule has 1 rings (SSSR count). The van der Waals surface area contributed by atoms with Gasteiger partial charge in [0.15, 0.2) is 6.19 Å². The predicted octanol–water partition coefficient (Wildman–Crippen LogP) is 1.53. The molecule has 0 aliphatic heterocycles. The summed E-state index contributed by atoms with van der Waals surface area (Å²) in [5.74, 6) is -0.773. The third-order valence-corrected chi connectivity index (χ3v) is 2.54. The quantitative estimate of drug-likeness (QED) is 0.283. The Bertz CT molecular complexity index is 481. The first-order chi connectivity index (χ1) is 7.60. The maximum Gasteiger partial charge on any atom is 0.282 e. The van der Waals surface area contributed by atoms with Gasteiger partial charge in [0, 0.05) is 11.0 Å². The molecule has 0 saturated carbocycles. The Morgan fingerprint density at radius 1 is 1.62 bits per heavy atom. The molecule has 1 aromatic carbocycles. The van der Waals surface area contributed by atoms with Gasteiger partial charge >= 0.3 is 0 Å². The largest absolute Gasteiger partial charge is 0.282 e. The molecule has 0 unspecified atom stereocenters. The summed E-state index contributed by atoms with van der Waals surface area (Å²) in [7, 11) is 0. The highest BCUT2D eigenvalue weighted by molar-refractivity contribution is 7.98. The first kappa shape index (κ1) is 12.0. The monoisotopic (exact) mass is 237 g/mol. The van der Waals surface area contributed by atoms with E-state index in [0.29, 0.717) is 4.90 Å². The van der Waals surface area contributed by atoms with E-state index in [1.54, 1.807) is 12.3 Å². The molecule has 0 fully saturated rings. The Morgan fingerprint density at radius 3 is 2.81 bits per heavy atom. The van der Waals surface area contributed by atoms with Crippen molar-refractivity contribution in [2.24, 2.45) is 0 Å². The average Bonchev–Trinajstić information content (AvgIpc) is 2.28. The van der Waals surface area contributed by atoms with E-state index in [4.69, 9.17) is 5.26 Å². The van der Waals surface area contributed by atoms with Gasteiger partial charge in [0.05, 0.1) is 4.92 Å². The maximum atomic E-state index is 11.4. The Hall–Kier alpha value is -2.07. The van der Waals surface area contributed by atoms with Crippen LogP contribution in [0.2, 0.25) is 0 Å². The van der Waals surface area contributed by atoms with Gasteiger partial charge in [-0.15, -0.1) is 11.8 Å². The zero-order chi connectivity index (χ0) is 12.1.